The number of carbonyl (C=O) groups excluding carboxylic acids is 1. The van der Waals surface area contributed by atoms with Crippen molar-refractivity contribution in [1.29, 1.82) is 0 Å². The van der Waals surface area contributed by atoms with Gasteiger partial charge in [0, 0.05) is 18.3 Å². The van der Waals surface area contributed by atoms with Crippen LogP contribution in [-0.4, -0.2) is 23.0 Å². The van der Waals surface area contributed by atoms with Crippen LogP contribution in [-0.2, 0) is 6.54 Å². The highest BCUT2D eigenvalue weighted by Gasteiger charge is 2.09. The summed E-state index contributed by atoms with van der Waals surface area (Å²) in [5, 5.41) is 6.41. The summed E-state index contributed by atoms with van der Waals surface area (Å²) < 4.78 is 5.13. The molecule has 132 valence electrons. The second kappa shape index (κ2) is 8.31. The minimum Gasteiger partial charge on any atom is -0.495 e. The molecule has 7 heteroatoms. The number of nitrogens with one attached hydrogen (secondary N) is 2. The second-order valence-corrected chi connectivity index (χ2v) is 5.84. The predicted molar refractivity (Wildman–Crippen MR) is 101 cm³/mol. The van der Waals surface area contributed by atoms with Gasteiger partial charge in [0.25, 0.3) is 5.91 Å². The average Bonchev–Trinajstić information content (AvgIpc) is 2.67. The Morgan fingerprint density at radius 1 is 1.12 bits per heavy atom. The number of halogens is 1. The van der Waals surface area contributed by atoms with E-state index < -0.39 is 0 Å². The van der Waals surface area contributed by atoms with Gasteiger partial charge in [-0.3, -0.25) is 4.79 Å². The maximum Gasteiger partial charge on any atom is 0.270 e. The van der Waals surface area contributed by atoms with Crippen molar-refractivity contribution in [2.45, 2.75) is 6.54 Å². The Balaban J connectivity index is 1.67. The summed E-state index contributed by atoms with van der Waals surface area (Å²) in [4.78, 5) is 20.5. The minimum absolute atomic E-state index is 0.271. The van der Waals surface area contributed by atoms with Gasteiger partial charge in [-0.2, -0.15) is 0 Å². The molecule has 1 aromatic heterocycles. The number of aromatic nitrogens is 2. The first-order valence-electron chi connectivity index (χ1n) is 7.90. The van der Waals surface area contributed by atoms with Gasteiger partial charge in [-0.05, 0) is 23.8 Å². The van der Waals surface area contributed by atoms with Crippen molar-refractivity contribution in [3.8, 4) is 5.75 Å². The van der Waals surface area contributed by atoms with E-state index in [0.29, 0.717) is 23.1 Å². The smallest absolute Gasteiger partial charge is 0.270 e. The molecular formula is C19H17ClN4O2. The van der Waals surface area contributed by atoms with Crippen LogP contribution in [0.3, 0.4) is 0 Å². The normalized spacial score (nSPS) is 10.2. The fourth-order valence-electron chi connectivity index (χ4n) is 2.31. The Kier molecular flexibility index (Phi) is 5.66. The lowest BCUT2D eigenvalue weighted by Crippen LogP contribution is -2.24. The number of nitrogens with zero attached hydrogens (tertiary/aromatic N) is 2. The maximum absolute atomic E-state index is 12.3. The molecule has 0 radical (unpaired) electrons. The number of anilines is 2. The van der Waals surface area contributed by atoms with Crippen molar-refractivity contribution in [2.75, 3.05) is 12.4 Å². The first-order valence-corrected chi connectivity index (χ1v) is 8.28. The molecule has 2 N–H and O–H groups in total. The van der Waals surface area contributed by atoms with E-state index in [1.807, 2.05) is 36.4 Å². The van der Waals surface area contributed by atoms with Crippen molar-refractivity contribution in [3.63, 3.8) is 0 Å². The van der Waals surface area contributed by atoms with Crippen LogP contribution in [0.5, 0.6) is 5.75 Å². The molecule has 0 aliphatic heterocycles. The third-order valence-electron chi connectivity index (χ3n) is 3.62. The van der Waals surface area contributed by atoms with Crippen molar-refractivity contribution in [3.05, 3.63) is 77.2 Å². The van der Waals surface area contributed by atoms with E-state index in [-0.39, 0.29) is 11.6 Å². The van der Waals surface area contributed by atoms with Crippen LogP contribution in [0.25, 0.3) is 0 Å². The average molecular weight is 369 g/mol. The van der Waals surface area contributed by atoms with Gasteiger partial charge >= 0.3 is 0 Å². The number of benzene rings is 2. The number of carbonyl (C=O) groups is 1. The van der Waals surface area contributed by atoms with Gasteiger partial charge in [-0.1, -0.05) is 41.9 Å². The molecule has 6 nitrogen and oxygen atoms in total. The van der Waals surface area contributed by atoms with E-state index in [0.717, 1.165) is 11.3 Å². The van der Waals surface area contributed by atoms with E-state index in [4.69, 9.17) is 16.3 Å². The summed E-state index contributed by atoms with van der Waals surface area (Å²) in [6.07, 6.45) is 1.34. The number of methoxy groups -OCH3 is 1. The molecule has 0 bridgehead atoms. The largest absolute Gasteiger partial charge is 0.495 e. The SMILES string of the molecule is COc1ccc(Nc2cc(C(=O)NCc3ccccc3)ncn2)cc1Cl. The van der Waals surface area contributed by atoms with E-state index >= 15 is 0 Å². The topological polar surface area (TPSA) is 76.1 Å². The lowest BCUT2D eigenvalue weighted by molar-refractivity contribution is 0.0946. The molecular weight excluding hydrogens is 352 g/mol. The molecule has 0 fully saturated rings. The number of hydrogen-bond acceptors (Lipinski definition) is 5. The Bertz CT molecular complexity index is 903. The molecule has 0 aliphatic carbocycles. The van der Waals surface area contributed by atoms with Crippen LogP contribution in [0.15, 0.2) is 60.9 Å². The van der Waals surface area contributed by atoms with Gasteiger partial charge < -0.3 is 15.4 Å². The third kappa shape index (κ3) is 4.49. The number of ether oxygens (including phenoxy) is 1. The monoisotopic (exact) mass is 368 g/mol. The highest BCUT2D eigenvalue weighted by molar-refractivity contribution is 6.32. The first kappa shape index (κ1) is 17.7. The molecule has 0 aliphatic rings. The number of rotatable bonds is 6. The van der Waals surface area contributed by atoms with E-state index in [9.17, 15) is 4.79 Å². The van der Waals surface area contributed by atoms with Crippen LogP contribution >= 0.6 is 11.6 Å². The lowest BCUT2D eigenvalue weighted by atomic mass is 10.2. The van der Waals surface area contributed by atoms with Crippen molar-refractivity contribution < 1.29 is 9.53 Å². The zero-order chi connectivity index (χ0) is 18.4. The predicted octanol–water partition coefficient (Wildman–Crippen LogP) is 3.81. The summed E-state index contributed by atoms with van der Waals surface area (Å²) in [7, 11) is 1.55. The van der Waals surface area contributed by atoms with Crippen LogP contribution in [0.2, 0.25) is 5.02 Å². The first-order chi connectivity index (χ1) is 12.7. The highest BCUT2D eigenvalue weighted by Crippen LogP contribution is 2.28. The lowest BCUT2D eigenvalue weighted by Gasteiger charge is -2.09. The van der Waals surface area contributed by atoms with Gasteiger partial charge in [0.1, 0.15) is 23.6 Å². The second-order valence-electron chi connectivity index (χ2n) is 5.43. The van der Waals surface area contributed by atoms with Gasteiger partial charge in [0.05, 0.1) is 12.1 Å². The molecule has 2 aromatic carbocycles. The summed E-state index contributed by atoms with van der Waals surface area (Å²) in [6, 6.07) is 16.5. The fourth-order valence-corrected chi connectivity index (χ4v) is 2.57. The molecule has 0 atom stereocenters. The van der Waals surface area contributed by atoms with Crippen LogP contribution in [0.1, 0.15) is 16.1 Å². The zero-order valence-electron chi connectivity index (χ0n) is 14.1. The molecule has 26 heavy (non-hydrogen) atoms. The Hall–Kier alpha value is -3.12. The summed E-state index contributed by atoms with van der Waals surface area (Å²) in [5.41, 5.74) is 2.02. The van der Waals surface area contributed by atoms with Crippen LogP contribution in [0, 0.1) is 0 Å². The van der Waals surface area contributed by atoms with Gasteiger partial charge in [0.2, 0.25) is 0 Å². The molecule has 0 spiro atoms. The Morgan fingerprint density at radius 3 is 2.65 bits per heavy atom. The van der Waals surface area contributed by atoms with E-state index in [2.05, 4.69) is 20.6 Å². The number of amides is 1. The molecule has 1 amide bonds. The van der Waals surface area contributed by atoms with Crippen LogP contribution < -0.4 is 15.4 Å². The quantitative estimate of drug-likeness (QED) is 0.691. The third-order valence-corrected chi connectivity index (χ3v) is 3.92. The van der Waals surface area contributed by atoms with E-state index in [1.165, 1.54) is 6.33 Å². The van der Waals surface area contributed by atoms with Gasteiger partial charge in [0.15, 0.2) is 0 Å². The molecule has 1 heterocycles. The van der Waals surface area contributed by atoms with Gasteiger partial charge in [-0.25, -0.2) is 9.97 Å². The zero-order valence-corrected chi connectivity index (χ0v) is 14.8. The minimum atomic E-state index is -0.271. The van der Waals surface area contributed by atoms with Crippen molar-refractivity contribution in [1.82, 2.24) is 15.3 Å². The van der Waals surface area contributed by atoms with E-state index in [1.54, 1.807) is 25.3 Å². The van der Waals surface area contributed by atoms with Gasteiger partial charge in [-0.15, -0.1) is 0 Å². The molecule has 3 aromatic rings. The number of hydrogen-bond donors (Lipinski definition) is 2. The highest BCUT2D eigenvalue weighted by atomic mass is 35.5. The van der Waals surface area contributed by atoms with Crippen molar-refractivity contribution >= 4 is 29.0 Å². The molecule has 0 saturated carbocycles. The Morgan fingerprint density at radius 2 is 1.92 bits per heavy atom. The Labute approximate surface area is 156 Å². The standard InChI is InChI=1S/C19H17ClN4O2/c1-26-17-8-7-14(9-15(17)20)24-18-10-16(22-12-23-18)19(25)21-11-13-5-3-2-4-6-13/h2-10,12H,11H2,1H3,(H,21,25)(H,22,23,24). The summed E-state index contributed by atoms with van der Waals surface area (Å²) in [5.74, 6) is 0.805. The molecule has 0 saturated heterocycles. The van der Waals surface area contributed by atoms with Crippen molar-refractivity contribution in [2.24, 2.45) is 0 Å². The summed E-state index contributed by atoms with van der Waals surface area (Å²) in [6.45, 7) is 0.431. The maximum atomic E-state index is 12.3. The molecule has 0 unspecified atom stereocenters. The molecule has 3 rings (SSSR count). The summed E-state index contributed by atoms with van der Waals surface area (Å²) >= 11 is 6.12. The van der Waals surface area contributed by atoms with Crippen LogP contribution in [0.4, 0.5) is 11.5 Å². The fraction of sp³-hybridized carbons (Fsp3) is 0.105.